The van der Waals surface area contributed by atoms with Crippen molar-refractivity contribution in [2.75, 3.05) is 12.3 Å². The van der Waals surface area contributed by atoms with Gasteiger partial charge in [0.25, 0.3) is 5.91 Å². The first kappa shape index (κ1) is 14.7. The quantitative estimate of drug-likeness (QED) is 0.813. The molecule has 1 aromatic rings. The highest BCUT2D eigenvalue weighted by atomic mass is 35.5. The number of carbonyl (C=O) groups is 2. The van der Waals surface area contributed by atoms with Gasteiger partial charge in [-0.25, -0.2) is 0 Å². The standard InChI is InChI=1S/C14H18ClN3O2/c1-8-2-3-9(13(17)19)7-18(8)14(20)11-5-4-10(16)6-12(11)15/h4-6,8-9H,2-3,7,16H2,1H3,(H2,17,19). The Hall–Kier alpha value is -1.75. The number of rotatable bonds is 2. The average molecular weight is 296 g/mol. The lowest BCUT2D eigenvalue weighted by Crippen LogP contribution is -2.48. The summed E-state index contributed by atoms with van der Waals surface area (Å²) >= 11 is 6.07. The lowest BCUT2D eigenvalue weighted by Gasteiger charge is -2.37. The number of halogens is 1. The Morgan fingerprint density at radius 1 is 1.35 bits per heavy atom. The Balaban J connectivity index is 2.24. The largest absolute Gasteiger partial charge is 0.399 e. The molecule has 1 aliphatic rings. The third kappa shape index (κ3) is 2.88. The minimum absolute atomic E-state index is 0.0618. The van der Waals surface area contributed by atoms with Gasteiger partial charge in [-0.2, -0.15) is 0 Å². The topological polar surface area (TPSA) is 89.4 Å². The van der Waals surface area contributed by atoms with E-state index in [4.69, 9.17) is 23.1 Å². The minimum Gasteiger partial charge on any atom is -0.399 e. The highest BCUT2D eigenvalue weighted by Crippen LogP contribution is 2.26. The fourth-order valence-corrected chi connectivity index (χ4v) is 2.75. The molecule has 0 spiro atoms. The van der Waals surface area contributed by atoms with Gasteiger partial charge in [-0.05, 0) is 38.0 Å². The molecular formula is C14H18ClN3O2. The summed E-state index contributed by atoms with van der Waals surface area (Å²) in [7, 11) is 0. The van der Waals surface area contributed by atoms with Crippen LogP contribution in [-0.2, 0) is 4.79 Å². The third-order valence-corrected chi connectivity index (χ3v) is 4.08. The molecule has 0 radical (unpaired) electrons. The van der Waals surface area contributed by atoms with Gasteiger partial charge in [-0.3, -0.25) is 9.59 Å². The normalized spacial score (nSPS) is 22.6. The Kier molecular flexibility index (Phi) is 4.18. The van der Waals surface area contributed by atoms with Crippen molar-refractivity contribution in [3.05, 3.63) is 28.8 Å². The summed E-state index contributed by atoms with van der Waals surface area (Å²) in [5.74, 6) is -0.839. The number of hydrogen-bond acceptors (Lipinski definition) is 3. The summed E-state index contributed by atoms with van der Waals surface area (Å²) < 4.78 is 0. The molecule has 0 saturated carbocycles. The summed E-state index contributed by atoms with van der Waals surface area (Å²) in [5.41, 5.74) is 11.9. The number of benzene rings is 1. The van der Waals surface area contributed by atoms with Crippen LogP contribution in [0.4, 0.5) is 5.69 Å². The van der Waals surface area contributed by atoms with Crippen molar-refractivity contribution < 1.29 is 9.59 Å². The van der Waals surface area contributed by atoms with Crippen LogP contribution in [0.3, 0.4) is 0 Å². The molecule has 1 aromatic carbocycles. The molecule has 2 atom stereocenters. The number of anilines is 1. The molecule has 20 heavy (non-hydrogen) atoms. The van der Waals surface area contributed by atoms with Gasteiger partial charge in [-0.1, -0.05) is 11.6 Å². The Bertz CT molecular complexity index is 547. The van der Waals surface area contributed by atoms with E-state index in [1.54, 1.807) is 23.1 Å². The first-order chi connectivity index (χ1) is 9.40. The van der Waals surface area contributed by atoms with Crippen LogP contribution >= 0.6 is 11.6 Å². The molecular weight excluding hydrogens is 278 g/mol. The van der Waals surface area contributed by atoms with Crippen molar-refractivity contribution in [1.29, 1.82) is 0 Å². The highest BCUT2D eigenvalue weighted by molar-refractivity contribution is 6.34. The van der Waals surface area contributed by atoms with Crippen LogP contribution in [0.15, 0.2) is 18.2 Å². The lowest BCUT2D eigenvalue weighted by atomic mass is 9.92. The zero-order chi connectivity index (χ0) is 14.9. The third-order valence-electron chi connectivity index (χ3n) is 3.77. The van der Waals surface area contributed by atoms with E-state index >= 15 is 0 Å². The number of piperidine rings is 1. The van der Waals surface area contributed by atoms with E-state index in [1.165, 1.54) is 0 Å². The maximum atomic E-state index is 12.6. The Labute approximate surface area is 122 Å². The maximum absolute atomic E-state index is 12.6. The molecule has 1 saturated heterocycles. The molecule has 5 nitrogen and oxygen atoms in total. The van der Waals surface area contributed by atoms with Gasteiger partial charge in [0.15, 0.2) is 0 Å². The number of amides is 2. The van der Waals surface area contributed by atoms with Gasteiger partial charge in [0.2, 0.25) is 5.91 Å². The second-order valence-corrected chi connectivity index (χ2v) is 5.63. The van der Waals surface area contributed by atoms with Gasteiger partial charge in [0.1, 0.15) is 0 Å². The first-order valence-corrected chi connectivity index (χ1v) is 6.93. The summed E-state index contributed by atoms with van der Waals surface area (Å²) in [6.07, 6.45) is 1.47. The number of nitrogens with zero attached hydrogens (tertiary/aromatic N) is 1. The molecule has 2 rings (SSSR count). The van der Waals surface area contributed by atoms with Crippen LogP contribution in [-0.4, -0.2) is 29.3 Å². The van der Waals surface area contributed by atoms with E-state index in [0.29, 0.717) is 22.8 Å². The number of carbonyl (C=O) groups excluding carboxylic acids is 2. The summed E-state index contributed by atoms with van der Waals surface area (Å²) in [5, 5.41) is 0.323. The van der Waals surface area contributed by atoms with E-state index in [9.17, 15) is 9.59 Å². The van der Waals surface area contributed by atoms with Crippen molar-refractivity contribution in [1.82, 2.24) is 4.90 Å². The number of nitrogens with two attached hydrogens (primary N) is 2. The second-order valence-electron chi connectivity index (χ2n) is 5.22. The predicted molar refractivity (Wildman–Crippen MR) is 78.3 cm³/mol. The minimum atomic E-state index is -0.363. The molecule has 0 aliphatic carbocycles. The zero-order valence-corrected chi connectivity index (χ0v) is 12.1. The van der Waals surface area contributed by atoms with Crippen LogP contribution in [0.5, 0.6) is 0 Å². The van der Waals surface area contributed by atoms with Crippen LogP contribution < -0.4 is 11.5 Å². The Morgan fingerprint density at radius 3 is 2.65 bits per heavy atom. The molecule has 2 amide bonds. The van der Waals surface area contributed by atoms with Crippen molar-refractivity contribution in [3.63, 3.8) is 0 Å². The van der Waals surface area contributed by atoms with Crippen molar-refractivity contribution in [3.8, 4) is 0 Å². The number of nitrogen functional groups attached to an aromatic ring is 1. The first-order valence-electron chi connectivity index (χ1n) is 6.55. The average Bonchev–Trinajstić information content (AvgIpc) is 2.38. The molecule has 108 valence electrons. The van der Waals surface area contributed by atoms with Crippen molar-refractivity contribution in [2.24, 2.45) is 11.7 Å². The molecule has 1 aliphatic heterocycles. The summed E-state index contributed by atoms with van der Waals surface area (Å²) in [4.78, 5) is 25.5. The van der Waals surface area contributed by atoms with Crippen LogP contribution in [0.25, 0.3) is 0 Å². The van der Waals surface area contributed by atoms with E-state index < -0.39 is 0 Å². The summed E-state index contributed by atoms with van der Waals surface area (Å²) in [6.45, 7) is 2.30. The van der Waals surface area contributed by atoms with Gasteiger partial charge < -0.3 is 16.4 Å². The molecule has 0 bridgehead atoms. The van der Waals surface area contributed by atoms with Crippen molar-refractivity contribution in [2.45, 2.75) is 25.8 Å². The predicted octanol–water partition coefficient (Wildman–Crippen LogP) is 1.65. The molecule has 1 fully saturated rings. The number of likely N-dealkylation sites (tertiary alicyclic amines) is 1. The molecule has 4 N–H and O–H groups in total. The molecule has 2 unspecified atom stereocenters. The van der Waals surface area contributed by atoms with E-state index in [1.807, 2.05) is 6.92 Å². The second kappa shape index (κ2) is 5.71. The van der Waals surface area contributed by atoms with Crippen LogP contribution in [0, 0.1) is 5.92 Å². The van der Waals surface area contributed by atoms with E-state index in [-0.39, 0.29) is 23.8 Å². The fourth-order valence-electron chi connectivity index (χ4n) is 2.48. The number of hydrogen-bond donors (Lipinski definition) is 2. The maximum Gasteiger partial charge on any atom is 0.255 e. The van der Waals surface area contributed by atoms with Gasteiger partial charge in [0, 0.05) is 18.3 Å². The molecule has 6 heteroatoms. The molecule has 0 aromatic heterocycles. The van der Waals surface area contributed by atoms with E-state index in [2.05, 4.69) is 0 Å². The van der Waals surface area contributed by atoms with Crippen molar-refractivity contribution >= 4 is 29.1 Å². The van der Waals surface area contributed by atoms with Gasteiger partial charge >= 0.3 is 0 Å². The SMILES string of the molecule is CC1CCC(C(N)=O)CN1C(=O)c1ccc(N)cc1Cl. The Morgan fingerprint density at radius 2 is 2.05 bits per heavy atom. The fraction of sp³-hybridized carbons (Fsp3) is 0.429. The monoisotopic (exact) mass is 295 g/mol. The van der Waals surface area contributed by atoms with Crippen LogP contribution in [0.1, 0.15) is 30.1 Å². The van der Waals surface area contributed by atoms with Crippen LogP contribution in [0.2, 0.25) is 5.02 Å². The van der Waals surface area contributed by atoms with E-state index in [0.717, 1.165) is 12.8 Å². The smallest absolute Gasteiger partial charge is 0.255 e. The highest BCUT2D eigenvalue weighted by Gasteiger charge is 2.32. The van der Waals surface area contributed by atoms with Gasteiger partial charge in [0.05, 0.1) is 16.5 Å². The molecule has 1 heterocycles. The van der Waals surface area contributed by atoms with Gasteiger partial charge in [-0.15, -0.1) is 0 Å². The number of primary amides is 1. The lowest BCUT2D eigenvalue weighted by molar-refractivity contribution is -0.123. The zero-order valence-electron chi connectivity index (χ0n) is 11.3. The summed E-state index contributed by atoms with van der Waals surface area (Å²) in [6, 6.07) is 4.86.